The molecule has 4 nitrogen and oxygen atoms in total. The highest BCUT2D eigenvalue weighted by Crippen LogP contribution is 2.14. The van der Waals surface area contributed by atoms with Gasteiger partial charge in [-0.2, -0.15) is 5.26 Å². The third-order valence-corrected chi connectivity index (χ3v) is 2.35. The van der Waals surface area contributed by atoms with Crippen LogP contribution in [0.2, 0.25) is 0 Å². The van der Waals surface area contributed by atoms with E-state index in [0.717, 1.165) is 22.9 Å². The highest BCUT2D eigenvalue weighted by molar-refractivity contribution is 5.49. The molecule has 0 aromatic carbocycles. The molecule has 0 atom stereocenters. The molecular weight excluding hydrogens is 176 g/mol. The molecule has 2 rings (SSSR count). The van der Waals surface area contributed by atoms with Crippen molar-refractivity contribution in [3.63, 3.8) is 0 Å². The molecule has 0 fully saturated rings. The highest BCUT2D eigenvalue weighted by Gasteiger charge is 2.09. The minimum atomic E-state index is 0.595. The molecule has 0 saturated heterocycles. The van der Waals surface area contributed by atoms with Gasteiger partial charge in [-0.3, -0.25) is 4.40 Å². The topological polar surface area (TPSA) is 54.0 Å². The Morgan fingerprint density at radius 2 is 2.07 bits per heavy atom. The van der Waals surface area contributed by atoms with Gasteiger partial charge in [0, 0.05) is 11.9 Å². The van der Waals surface area contributed by atoms with Crippen LogP contribution in [0.3, 0.4) is 0 Å². The fraction of sp³-hybridized carbons (Fsp3) is 0.300. The fourth-order valence-corrected chi connectivity index (χ4v) is 1.66. The van der Waals surface area contributed by atoms with Crippen LogP contribution in [0.5, 0.6) is 0 Å². The van der Waals surface area contributed by atoms with Gasteiger partial charge in [-0.05, 0) is 20.8 Å². The van der Waals surface area contributed by atoms with Crippen molar-refractivity contribution < 1.29 is 0 Å². The van der Waals surface area contributed by atoms with Gasteiger partial charge in [0.15, 0.2) is 5.65 Å². The number of hydrogen-bond donors (Lipinski definition) is 0. The minimum Gasteiger partial charge on any atom is -0.284 e. The molecule has 0 radical (unpaired) electrons. The maximum absolute atomic E-state index is 8.85. The Kier molecular flexibility index (Phi) is 1.74. The summed E-state index contributed by atoms with van der Waals surface area (Å²) < 4.78 is 1.91. The zero-order chi connectivity index (χ0) is 10.3. The molecule has 0 saturated carbocycles. The lowest BCUT2D eigenvalue weighted by Crippen LogP contribution is -1.99. The second kappa shape index (κ2) is 2.81. The molecule has 0 aliphatic rings. The molecule has 2 heterocycles. The third-order valence-electron chi connectivity index (χ3n) is 2.35. The van der Waals surface area contributed by atoms with E-state index in [-0.39, 0.29) is 0 Å². The normalized spacial score (nSPS) is 10.4. The second-order valence-corrected chi connectivity index (χ2v) is 3.27. The third kappa shape index (κ3) is 0.990. The van der Waals surface area contributed by atoms with E-state index in [9.17, 15) is 0 Å². The highest BCUT2D eigenvalue weighted by atomic mass is 15.1. The van der Waals surface area contributed by atoms with Crippen LogP contribution in [0, 0.1) is 32.1 Å². The molecule has 0 unspecified atom stereocenters. The molecule has 0 spiro atoms. The summed E-state index contributed by atoms with van der Waals surface area (Å²) in [5, 5.41) is 8.85. The summed E-state index contributed by atoms with van der Waals surface area (Å²) in [5.41, 5.74) is 3.22. The van der Waals surface area contributed by atoms with E-state index >= 15 is 0 Å². The minimum absolute atomic E-state index is 0.595. The van der Waals surface area contributed by atoms with Crippen LogP contribution in [-0.2, 0) is 0 Å². The SMILES string of the molecule is Cc1nc(C)n2c(C)c(C#N)cnc12. The van der Waals surface area contributed by atoms with Crippen molar-refractivity contribution >= 4 is 5.65 Å². The van der Waals surface area contributed by atoms with E-state index in [0.29, 0.717) is 5.56 Å². The van der Waals surface area contributed by atoms with Gasteiger partial charge in [0.2, 0.25) is 0 Å². The van der Waals surface area contributed by atoms with Gasteiger partial charge in [-0.15, -0.1) is 0 Å². The van der Waals surface area contributed by atoms with Crippen LogP contribution >= 0.6 is 0 Å². The van der Waals surface area contributed by atoms with E-state index in [1.165, 1.54) is 0 Å². The Morgan fingerprint density at radius 3 is 2.71 bits per heavy atom. The van der Waals surface area contributed by atoms with Crippen LogP contribution in [0.1, 0.15) is 22.8 Å². The van der Waals surface area contributed by atoms with Crippen molar-refractivity contribution in [2.24, 2.45) is 0 Å². The number of hydrogen-bond acceptors (Lipinski definition) is 3. The summed E-state index contributed by atoms with van der Waals surface area (Å²) >= 11 is 0. The molecule has 70 valence electrons. The number of nitriles is 1. The van der Waals surface area contributed by atoms with Crippen LogP contribution in [0.4, 0.5) is 0 Å². The van der Waals surface area contributed by atoms with E-state index in [2.05, 4.69) is 16.0 Å². The van der Waals surface area contributed by atoms with Crippen LogP contribution in [0.15, 0.2) is 6.20 Å². The predicted octanol–water partition coefficient (Wildman–Crippen LogP) is 1.53. The Bertz CT molecular complexity index is 545. The Hall–Kier alpha value is -1.89. The van der Waals surface area contributed by atoms with Gasteiger partial charge in [-0.25, -0.2) is 9.97 Å². The van der Waals surface area contributed by atoms with Gasteiger partial charge < -0.3 is 0 Å². The number of aryl methyl sites for hydroxylation is 3. The average molecular weight is 186 g/mol. The molecule has 0 aliphatic heterocycles. The van der Waals surface area contributed by atoms with Gasteiger partial charge in [0.1, 0.15) is 11.9 Å². The number of imidazole rings is 1. The first-order valence-electron chi connectivity index (χ1n) is 4.36. The largest absolute Gasteiger partial charge is 0.284 e. The quantitative estimate of drug-likeness (QED) is 0.626. The van der Waals surface area contributed by atoms with Gasteiger partial charge in [0.05, 0.1) is 11.3 Å². The van der Waals surface area contributed by atoms with Crippen molar-refractivity contribution in [3.8, 4) is 6.07 Å². The molecule has 0 aliphatic carbocycles. The lowest BCUT2D eigenvalue weighted by atomic mass is 10.2. The van der Waals surface area contributed by atoms with Crippen LogP contribution in [0.25, 0.3) is 5.65 Å². The number of nitrogens with zero attached hydrogens (tertiary/aromatic N) is 4. The number of rotatable bonds is 0. The second-order valence-electron chi connectivity index (χ2n) is 3.27. The maximum atomic E-state index is 8.85. The smallest absolute Gasteiger partial charge is 0.159 e. The van der Waals surface area contributed by atoms with E-state index in [4.69, 9.17) is 5.26 Å². The number of fused-ring (bicyclic) bond motifs is 1. The summed E-state index contributed by atoms with van der Waals surface area (Å²) in [6.45, 7) is 5.73. The molecular formula is C10H10N4. The molecule has 0 amide bonds. The Balaban J connectivity index is 2.96. The van der Waals surface area contributed by atoms with Crippen molar-refractivity contribution in [3.05, 3.63) is 29.0 Å². The Labute approximate surface area is 81.8 Å². The summed E-state index contributed by atoms with van der Waals surface area (Å²) in [6.07, 6.45) is 1.60. The van der Waals surface area contributed by atoms with Gasteiger partial charge in [-0.1, -0.05) is 0 Å². The maximum Gasteiger partial charge on any atom is 0.159 e. The lowest BCUT2D eigenvalue weighted by Gasteiger charge is -2.02. The molecule has 2 aromatic rings. The lowest BCUT2D eigenvalue weighted by molar-refractivity contribution is 0.967. The molecule has 14 heavy (non-hydrogen) atoms. The first-order chi connectivity index (χ1) is 6.65. The molecule has 4 heteroatoms. The first kappa shape index (κ1) is 8.70. The standard InChI is InChI=1S/C10H10N4/c1-6-10-12-5-9(4-11)7(2)14(10)8(3)13-6/h5H,1-3H3. The number of aromatic nitrogens is 3. The summed E-state index contributed by atoms with van der Waals surface area (Å²) in [5.74, 6) is 0.875. The van der Waals surface area contributed by atoms with Gasteiger partial charge in [0.25, 0.3) is 0 Å². The summed E-state index contributed by atoms with van der Waals surface area (Å²) in [7, 11) is 0. The van der Waals surface area contributed by atoms with E-state index in [1.54, 1.807) is 6.20 Å². The zero-order valence-electron chi connectivity index (χ0n) is 8.37. The van der Waals surface area contributed by atoms with Gasteiger partial charge >= 0.3 is 0 Å². The van der Waals surface area contributed by atoms with Crippen LogP contribution in [-0.4, -0.2) is 14.4 Å². The first-order valence-corrected chi connectivity index (χ1v) is 4.36. The molecule has 2 aromatic heterocycles. The van der Waals surface area contributed by atoms with Crippen molar-refractivity contribution in [2.45, 2.75) is 20.8 Å². The summed E-state index contributed by atoms with van der Waals surface area (Å²) in [6, 6.07) is 2.11. The fourth-order valence-electron chi connectivity index (χ4n) is 1.66. The molecule has 0 N–H and O–H groups in total. The van der Waals surface area contributed by atoms with Crippen molar-refractivity contribution in [1.29, 1.82) is 5.26 Å². The van der Waals surface area contributed by atoms with Crippen LogP contribution < -0.4 is 0 Å². The monoisotopic (exact) mass is 186 g/mol. The van der Waals surface area contributed by atoms with E-state index < -0.39 is 0 Å². The van der Waals surface area contributed by atoms with Crippen molar-refractivity contribution in [1.82, 2.24) is 14.4 Å². The zero-order valence-corrected chi connectivity index (χ0v) is 8.37. The summed E-state index contributed by atoms with van der Waals surface area (Å²) in [4.78, 5) is 8.53. The van der Waals surface area contributed by atoms with E-state index in [1.807, 2.05) is 25.2 Å². The average Bonchev–Trinajstić information content (AvgIpc) is 2.44. The predicted molar refractivity (Wildman–Crippen MR) is 51.9 cm³/mol. The molecule has 0 bridgehead atoms. The van der Waals surface area contributed by atoms with Crippen molar-refractivity contribution in [2.75, 3.05) is 0 Å². The Morgan fingerprint density at radius 1 is 1.36 bits per heavy atom.